The van der Waals surface area contributed by atoms with E-state index in [4.69, 9.17) is 5.26 Å². The monoisotopic (exact) mass is 223 g/mol. The second-order valence-electron chi connectivity index (χ2n) is 2.90. The third kappa shape index (κ3) is 4.04. The van der Waals surface area contributed by atoms with Gasteiger partial charge >= 0.3 is 0 Å². The molecule has 1 aromatic heterocycles. The molecular formula is C9H13N5S. The van der Waals surface area contributed by atoms with E-state index in [1.165, 1.54) is 11.8 Å². The highest BCUT2D eigenvalue weighted by Gasteiger charge is 1.97. The Balaban J connectivity index is 2.40. The Labute approximate surface area is 93.2 Å². The predicted molar refractivity (Wildman–Crippen MR) is 61.5 cm³/mol. The second kappa shape index (κ2) is 6.09. The van der Waals surface area contributed by atoms with Gasteiger partial charge in [-0.3, -0.25) is 15.0 Å². The van der Waals surface area contributed by atoms with Crippen molar-refractivity contribution in [3.05, 3.63) is 18.0 Å². The fraction of sp³-hybridized carbons (Fsp3) is 0.444. The molecule has 0 saturated carbocycles. The van der Waals surface area contributed by atoms with Gasteiger partial charge in [-0.25, -0.2) is 0 Å². The van der Waals surface area contributed by atoms with Crippen molar-refractivity contribution in [1.29, 1.82) is 5.26 Å². The quantitative estimate of drug-likeness (QED) is 0.355. The van der Waals surface area contributed by atoms with Gasteiger partial charge in [-0.15, -0.1) is 0 Å². The van der Waals surface area contributed by atoms with Crippen molar-refractivity contribution in [2.75, 3.05) is 12.8 Å². The zero-order valence-electron chi connectivity index (χ0n) is 8.77. The molecule has 1 heterocycles. The van der Waals surface area contributed by atoms with Crippen LogP contribution in [0.3, 0.4) is 0 Å². The Morgan fingerprint density at radius 2 is 2.60 bits per heavy atom. The molecule has 6 heteroatoms. The molecular weight excluding hydrogens is 210 g/mol. The highest BCUT2D eigenvalue weighted by atomic mass is 32.2. The van der Waals surface area contributed by atoms with E-state index in [0.29, 0.717) is 11.7 Å². The Bertz CT molecular complexity index is 376. The minimum atomic E-state index is 0.654. The lowest BCUT2D eigenvalue weighted by Gasteiger charge is -1.98. The van der Waals surface area contributed by atoms with Gasteiger partial charge in [0.25, 0.3) is 0 Å². The first kappa shape index (κ1) is 11.6. The second-order valence-corrected chi connectivity index (χ2v) is 3.70. The fourth-order valence-corrected chi connectivity index (χ4v) is 1.46. The van der Waals surface area contributed by atoms with Crippen molar-refractivity contribution in [3.8, 4) is 6.19 Å². The molecule has 1 rings (SSSR count). The van der Waals surface area contributed by atoms with Crippen molar-refractivity contribution in [2.24, 2.45) is 12.0 Å². The van der Waals surface area contributed by atoms with Crippen molar-refractivity contribution in [2.45, 2.75) is 6.42 Å². The number of aliphatic imine (C=N–C) groups is 1. The first-order valence-electron chi connectivity index (χ1n) is 4.47. The molecule has 0 saturated heterocycles. The van der Waals surface area contributed by atoms with Gasteiger partial charge in [0, 0.05) is 19.8 Å². The summed E-state index contributed by atoms with van der Waals surface area (Å²) in [7, 11) is 1.89. The van der Waals surface area contributed by atoms with E-state index in [2.05, 4.69) is 15.4 Å². The van der Waals surface area contributed by atoms with Gasteiger partial charge in [-0.2, -0.15) is 10.4 Å². The molecule has 0 unspecified atom stereocenters. The number of aryl methyl sites for hydroxylation is 1. The number of amidine groups is 1. The molecule has 15 heavy (non-hydrogen) atoms. The van der Waals surface area contributed by atoms with Gasteiger partial charge in [-0.1, -0.05) is 11.8 Å². The van der Waals surface area contributed by atoms with Gasteiger partial charge in [-0.05, 0) is 18.2 Å². The molecule has 0 bridgehead atoms. The molecule has 0 fully saturated rings. The topological polar surface area (TPSA) is 66.0 Å². The van der Waals surface area contributed by atoms with Gasteiger partial charge < -0.3 is 0 Å². The van der Waals surface area contributed by atoms with Gasteiger partial charge in [0.1, 0.15) is 0 Å². The molecule has 0 aliphatic carbocycles. The molecule has 0 aliphatic rings. The van der Waals surface area contributed by atoms with Crippen LogP contribution < -0.4 is 5.32 Å². The molecule has 1 aromatic rings. The largest absolute Gasteiger partial charge is 0.276 e. The summed E-state index contributed by atoms with van der Waals surface area (Å²) in [5.74, 6) is 0. The maximum Gasteiger partial charge on any atom is 0.183 e. The number of nitrogens with zero attached hydrogens (tertiary/aromatic N) is 4. The lowest BCUT2D eigenvalue weighted by molar-refractivity contribution is 0.766. The average molecular weight is 223 g/mol. The van der Waals surface area contributed by atoms with Gasteiger partial charge in [0.2, 0.25) is 0 Å². The van der Waals surface area contributed by atoms with E-state index in [1.54, 1.807) is 4.68 Å². The van der Waals surface area contributed by atoms with E-state index >= 15 is 0 Å². The van der Waals surface area contributed by atoms with Crippen molar-refractivity contribution in [1.82, 2.24) is 15.1 Å². The van der Waals surface area contributed by atoms with Crippen molar-refractivity contribution < 1.29 is 0 Å². The maximum atomic E-state index is 8.42. The number of nitrogens with one attached hydrogen (secondary N) is 1. The van der Waals surface area contributed by atoms with Crippen LogP contribution in [0.25, 0.3) is 0 Å². The minimum Gasteiger partial charge on any atom is -0.276 e. The first-order chi connectivity index (χ1) is 7.26. The van der Waals surface area contributed by atoms with Crippen molar-refractivity contribution in [3.63, 3.8) is 0 Å². The molecule has 0 amide bonds. The summed E-state index contributed by atoms with van der Waals surface area (Å²) in [4.78, 5) is 4.25. The van der Waals surface area contributed by atoms with Crippen LogP contribution in [0.5, 0.6) is 0 Å². The molecule has 5 nitrogen and oxygen atoms in total. The van der Waals surface area contributed by atoms with Crippen LogP contribution in [0.15, 0.2) is 17.4 Å². The lowest BCUT2D eigenvalue weighted by atomic mass is 10.3. The molecule has 0 aliphatic heterocycles. The van der Waals surface area contributed by atoms with Crippen LogP contribution >= 0.6 is 11.8 Å². The number of thioether (sulfide) groups is 1. The molecule has 0 aromatic carbocycles. The normalized spacial score (nSPS) is 11.1. The summed E-state index contributed by atoms with van der Waals surface area (Å²) in [6.07, 6.45) is 8.36. The molecule has 0 atom stereocenters. The van der Waals surface area contributed by atoms with E-state index in [0.717, 1.165) is 12.0 Å². The molecule has 80 valence electrons. The fourth-order valence-electron chi connectivity index (χ4n) is 1.09. The summed E-state index contributed by atoms with van der Waals surface area (Å²) in [6, 6.07) is 0. The summed E-state index contributed by atoms with van der Waals surface area (Å²) >= 11 is 1.43. The van der Waals surface area contributed by atoms with Crippen LogP contribution in [0.4, 0.5) is 0 Å². The van der Waals surface area contributed by atoms with Crippen LogP contribution in [0, 0.1) is 11.5 Å². The number of nitriles is 1. The smallest absolute Gasteiger partial charge is 0.183 e. The average Bonchev–Trinajstić information content (AvgIpc) is 2.63. The number of aromatic nitrogens is 2. The predicted octanol–water partition coefficient (Wildman–Crippen LogP) is 0.752. The number of hydrogen-bond donors (Lipinski definition) is 1. The summed E-state index contributed by atoms with van der Waals surface area (Å²) in [5, 5.41) is 15.7. The third-order valence-electron chi connectivity index (χ3n) is 1.77. The Kier molecular flexibility index (Phi) is 4.71. The van der Waals surface area contributed by atoms with E-state index in [-0.39, 0.29) is 0 Å². The zero-order valence-corrected chi connectivity index (χ0v) is 9.58. The molecule has 0 radical (unpaired) electrons. The van der Waals surface area contributed by atoms with E-state index in [1.807, 2.05) is 31.9 Å². The van der Waals surface area contributed by atoms with E-state index in [9.17, 15) is 0 Å². The van der Waals surface area contributed by atoms with Gasteiger partial charge in [0.15, 0.2) is 11.4 Å². The zero-order chi connectivity index (χ0) is 11.1. The highest BCUT2D eigenvalue weighted by molar-refractivity contribution is 8.13. The maximum absolute atomic E-state index is 8.42. The standard InChI is InChI=1S/C9H13N5S/c1-14-6-8(5-13-14)3-4-11-9(15-2)12-7-10/h5-6H,3-4H2,1-2H3,(H,11,12). The van der Waals surface area contributed by atoms with Gasteiger partial charge in [0.05, 0.1) is 6.20 Å². The highest BCUT2D eigenvalue weighted by Crippen LogP contribution is 1.99. The third-order valence-corrected chi connectivity index (χ3v) is 2.39. The Hall–Kier alpha value is -1.48. The number of hydrogen-bond acceptors (Lipinski definition) is 4. The Morgan fingerprint density at radius 3 is 3.13 bits per heavy atom. The Morgan fingerprint density at radius 1 is 1.80 bits per heavy atom. The molecule has 1 N–H and O–H groups in total. The SMILES string of the molecule is CSC(=NCCc1cnn(C)c1)NC#N. The summed E-state index contributed by atoms with van der Waals surface area (Å²) in [6.45, 7) is 0.663. The lowest BCUT2D eigenvalue weighted by Crippen LogP contribution is -2.13. The number of rotatable bonds is 3. The molecule has 0 spiro atoms. The van der Waals surface area contributed by atoms with Crippen LogP contribution in [-0.2, 0) is 13.5 Å². The first-order valence-corrected chi connectivity index (χ1v) is 5.70. The minimum absolute atomic E-state index is 0.654. The summed E-state index contributed by atoms with van der Waals surface area (Å²) < 4.78 is 1.77. The van der Waals surface area contributed by atoms with E-state index < -0.39 is 0 Å². The van der Waals surface area contributed by atoms with Crippen LogP contribution in [0.1, 0.15) is 5.56 Å². The van der Waals surface area contributed by atoms with Crippen LogP contribution in [-0.4, -0.2) is 27.7 Å². The van der Waals surface area contributed by atoms with Crippen LogP contribution in [0.2, 0.25) is 0 Å². The summed E-state index contributed by atoms with van der Waals surface area (Å²) in [5.41, 5.74) is 1.15. The van der Waals surface area contributed by atoms with Crippen molar-refractivity contribution >= 4 is 16.9 Å².